The molecule has 2 N–H and O–H groups in total. The first-order valence-corrected chi connectivity index (χ1v) is 4.80. The maximum Gasteiger partial charge on any atom is 0.389 e. The molecule has 10 heteroatoms. The maximum absolute atomic E-state index is 11.3. The van der Waals surface area contributed by atoms with Crippen LogP contribution in [0.25, 0.3) is 0 Å². The third-order valence-corrected chi connectivity index (χ3v) is 0.921. The molecule has 94 valence electrons. The SMILES string of the molecule is FC(F)(F)CCCC(F)(F)F.O=[PH](O)O. The van der Waals surface area contributed by atoms with Crippen LogP contribution in [0.15, 0.2) is 0 Å². The highest BCUT2D eigenvalue weighted by Gasteiger charge is 2.31. The molecule has 0 aliphatic heterocycles. The molecular weight excluding hydrogens is 253 g/mol. The van der Waals surface area contributed by atoms with Gasteiger partial charge in [-0.25, -0.2) is 0 Å². The van der Waals surface area contributed by atoms with Crippen molar-refractivity contribution < 1.29 is 40.7 Å². The molecular formula is C5H9F6O3P. The minimum atomic E-state index is -4.48. The summed E-state index contributed by atoms with van der Waals surface area (Å²) < 4.78 is 76.3. The largest absolute Gasteiger partial charge is 0.389 e. The number of alkyl halides is 6. The fourth-order valence-electron chi connectivity index (χ4n) is 0.489. The lowest BCUT2D eigenvalue weighted by Gasteiger charge is -2.07. The van der Waals surface area contributed by atoms with Crippen LogP contribution in [0.5, 0.6) is 0 Å². The molecule has 0 saturated heterocycles. The smallest absolute Gasteiger partial charge is 0.326 e. The molecule has 0 amide bonds. The van der Waals surface area contributed by atoms with Crippen molar-refractivity contribution in [3.63, 3.8) is 0 Å². The van der Waals surface area contributed by atoms with Crippen molar-refractivity contribution in [3.05, 3.63) is 0 Å². The van der Waals surface area contributed by atoms with Crippen molar-refractivity contribution in [2.75, 3.05) is 0 Å². The highest BCUT2D eigenvalue weighted by molar-refractivity contribution is 7.30. The van der Waals surface area contributed by atoms with Gasteiger partial charge in [0.15, 0.2) is 0 Å². The first-order valence-electron chi connectivity index (χ1n) is 3.49. The third-order valence-electron chi connectivity index (χ3n) is 0.921. The van der Waals surface area contributed by atoms with Crippen LogP contribution >= 0.6 is 8.25 Å². The summed E-state index contributed by atoms with van der Waals surface area (Å²) in [5, 5.41) is 0. The highest BCUT2D eigenvalue weighted by atomic mass is 31.1. The standard InChI is InChI=1S/C5H6F6.H3O3P/c6-4(7,8)2-1-3-5(9,10)11;1-4(2)3/h1-3H2;4H,(H2,1,2,3). The van der Waals surface area contributed by atoms with Crippen molar-refractivity contribution in [1.29, 1.82) is 0 Å². The summed E-state index contributed by atoms with van der Waals surface area (Å²) in [6, 6.07) is 0. The Labute approximate surface area is 81.7 Å². The van der Waals surface area contributed by atoms with E-state index in [4.69, 9.17) is 14.4 Å². The summed E-state index contributed by atoms with van der Waals surface area (Å²) in [5.74, 6) is 0. The van der Waals surface area contributed by atoms with Crippen molar-refractivity contribution in [2.45, 2.75) is 31.6 Å². The van der Waals surface area contributed by atoms with Crippen molar-refractivity contribution >= 4 is 8.25 Å². The maximum atomic E-state index is 11.3. The van der Waals surface area contributed by atoms with E-state index in [0.717, 1.165) is 0 Å². The van der Waals surface area contributed by atoms with E-state index in [1.807, 2.05) is 0 Å². The van der Waals surface area contributed by atoms with Gasteiger partial charge in [-0.2, -0.15) is 26.3 Å². The van der Waals surface area contributed by atoms with Gasteiger partial charge in [0.1, 0.15) is 0 Å². The molecule has 0 fully saturated rings. The van der Waals surface area contributed by atoms with Gasteiger partial charge in [-0.3, -0.25) is 4.57 Å². The van der Waals surface area contributed by atoms with Gasteiger partial charge in [-0.15, -0.1) is 0 Å². The van der Waals surface area contributed by atoms with E-state index in [2.05, 4.69) is 0 Å². The van der Waals surface area contributed by atoms with E-state index >= 15 is 0 Å². The van der Waals surface area contributed by atoms with Crippen LogP contribution in [0.2, 0.25) is 0 Å². The Kier molecular flexibility index (Phi) is 8.09. The summed E-state index contributed by atoms with van der Waals surface area (Å²) in [5.41, 5.74) is 0. The van der Waals surface area contributed by atoms with Crippen LogP contribution in [0.4, 0.5) is 26.3 Å². The van der Waals surface area contributed by atoms with E-state index < -0.39 is 39.9 Å². The monoisotopic (exact) mass is 262 g/mol. The van der Waals surface area contributed by atoms with Crippen LogP contribution in [-0.4, -0.2) is 22.1 Å². The lowest BCUT2D eigenvalue weighted by atomic mass is 10.2. The molecule has 0 aliphatic carbocycles. The Morgan fingerprint density at radius 3 is 1.20 bits per heavy atom. The van der Waals surface area contributed by atoms with E-state index in [1.165, 1.54) is 0 Å². The minimum absolute atomic E-state index is 0.882. The summed E-state index contributed by atoms with van der Waals surface area (Å²) >= 11 is 0. The number of hydrogen-bond donors (Lipinski definition) is 2. The Bertz CT molecular complexity index is 170. The molecule has 0 saturated carbocycles. The highest BCUT2D eigenvalue weighted by Crippen LogP contribution is 2.27. The molecule has 0 bridgehead atoms. The first kappa shape index (κ1) is 17.1. The van der Waals surface area contributed by atoms with Crippen LogP contribution < -0.4 is 0 Å². The minimum Gasteiger partial charge on any atom is -0.326 e. The lowest BCUT2D eigenvalue weighted by Crippen LogP contribution is -2.11. The van der Waals surface area contributed by atoms with E-state index in [9.17, 15) is 26.3 Å². The molecule has 0 atom stereocenters. The van der Waals surface area contributed by atoms with Gasteiger partial charge in [0.2, 0.25) is 0 Å². The molecule has 0 aliphatic rings. The van der Waals surface area contributed by atoms with E-state index in [-0.39, 0.29) is 0 Å². The van der Waals surface area contributed by atoms with Crippen molar-refractivity contribution in [3.8, 4) is 0 Å². The normalized spacial score (nSPS) is 12.3. The van der Waals surface area contributed by atoms with Gasteiger partial charge in [-0.05, 0) is 6.42 Å². The van der Waals surface area contributed by atoms with E-state index in [1.54, 1.807) is 0 Å². The van der Waals surface area contributed by atoms with Gasteiger partial charge in [0.25, 0.3) is 0 Å². The molecule has 3 nitrogen and oxygen atoms in total. The average molecular weight is 262 g/mol. The summed E-state index contributed by atoms with van der Waals surface area (Å²) in [6.07, 6.45) is -12.6. The molecule has 15 heavy (non-hydrogen) atoms. The second-order valence-corrected chi connectivity index (χ2v) is 2.93. The van der Waals surface area contributed by atoms with Crippen LogP contribution in [0.1, 0.15) is 19.3 Å². The number of halogens is 6. The quantitative estimate of drug-likeness (QED) is 0.594. The fraction of sp³-hybridized carbons (Fsp3) is 1.00. The van der Waals surface area contributed by atoms with Crippen LogP contribution in [0.3, 0.4) is 0 Å². The zero-order valence-electron chi connectivity index (χ0n) is 7.19. The first-order chi connectivity index (χ1) is 6.44. The molecule has 0 rings (SSSR count). The Hall–Kier alpha value is -0.270. The van der Waals surface area contributed by atoms with Gasteiger partial charge < -0.3 is 9.79 Å². The fourth-order valence-corrected chi connectivity index (χ4v) is 0.489. The van der Waals surface area contributed by atoms with Gasteiger partial charge in [-0.1, -0.05) is 0 Å². The summed E-state index contributed by atoms with van der Waals surface area (Å²) in [6.45, 7) is 0. The zero-order valence-corrected chi connectivity index (χ0v) is 8.19. The van der Waals surface area contributed by atoms with E-state index in [0.29, 0.717) is 0 Å². The number of rotatable bonds is 2. The Balaban J connectivity index is 0. The average Bonchev–Trinajstić information content (AvgIpc) is 1.77. The van der Waals surface area contributed by atoms with Gasteiger partial charge in [0.05, 0.1) is 0 Å². The summed E-state index contributed by atoms with van der Waals surface area (Å²) in [7, 11) is -3.13. The Morgan fingerprint density at radius 1 is 0.867 bits per heavy atom. The van der Waals surface area contributed by atoms with Crippen LogP contribution in [-0.2, 0) is 4.57 Å². The van der Waals surface area contributed by atoms with Crippen molar-refractivity contribution in [1.82, 2.24) is 0 Å². The van der Waals surface area contributed by atoms with Crippen LogP contribution in [0, 0.1) is 0 Å². The summed E-state index contributed by atoms with van der Waals surface area (Å²) in [4.78, 5) is 14.3. The molecule has 0 aromatic carbocycles. The second kappa shape index (κ2) is 7.08. The van der Waals surface area contributed by atoms with Gasteiger partial charge in [0, 0.05) is 12.8 Å². The Morgan fingerprint density at radius 2 is 1.07 bits per heavy atom. The molecule has 0 unspecified atom stereocenters. The lowest BCUT2D eigenvalue weighted by molar-refractivity contribution is -0.157. The third kappa shape index (κ3) is 31.6. The molecule has 0 heterocycles. The van der Waals surface area contributed by atoms with Crippen molar-refractivity contribution in [2.24, 2.45) is 0 Å². The topological polar surface area (TPSA) is 57.5 Å². The van der Waals surface area contributed by atoms with Gasteiger partial charge >= 0.3 is 20.6 Å². The number of hydrogen-bond acceptors (Lipinski definition) is 1. The molecule has 0 radical (unpaired) electrons. The molecule has 0 aromatic rings. The predicted octanol–water partition coefficient (Wildman–Crippen LogP) is 2.64. The molecule has 0 aromatic heterocycles. The second-order valence-electron chi connectivity index (χ2n) is 2.37. The zero-order chi connectivity index (χ0) is 12.7. The molecule has 0 spiro atoms. The predicted molar refractivity (Wildman–Crippen MR) is 39.4 cm³/mol.